The predicted octanol–water partition coefficient (Wildman–Crippen LogP) is 2.10. The Kier molecular flexibility index (Phi) is 3.62. The van der Waals surface area contributed by atoms with E-state index in [4.69, 9.17) is 4.74 Å². The van der Waals surface area contributed by atoms with Gasteiger partial charge in [-0.3, -0.25) is 4.79 Å². The molecule has 5 heteroatoms. The molecule has 2 rings (SSSR count). The van der Waals surface area contributed by atoms with Crippen molar-refractivity contribution in [1.29, 1.82) is 0 Å². The second-order valence-electron chi connectivity index (χ2n) is 3.70. The maximum Gasteiger partial charge on any atom is 0.313 e. The summed E-state index contributed by atoms with van der Waals surface area (Å²) < 4.78 is 7.02. The molecule has 1 aromatic carbocycles. The van der Waals surface area contributed by atoms with Crippen LogP contribution in [-0.2, 0) is 6.54 Å². The van der Waals surface area contributed by atoms with Gasteiger partial charge in [0.25, 0.3) is 5.88 Å². The van der Waals surface area contributed by atoms with Crippen molar-refractivity contribution in [3.8, 4) is 11.6 Å². The fourth-order valence-electron chi connectivity index (χ4n) is 1.55. The van der Waals surface area contributed by atoms with Crippen LogP contribution < -0.4 is 15.6 Å². The fourth-order valence-corrected chi connectivity index (χ4v) is 1.55. The maximum atomic E-state index is 11.9. The van der Waals surface area contributed by atoms with Crippen LogP contribution in [0.25, 0.3) is 0 Å². The Morgan fingerprint density at radius 2 is 2.06 bits per heavy atom. The first-order valence-electron chi connectivity index (χ1n) is 5.75. The number of nitrogens with zero attached hydrogens (tertiary/aromatic N) is 2. The molecule has 0 aliphatic carbocycles. The van der Waals surface area contributed by atoms with E-state index in [0.717, 1.165) is 5.69 Å². The van der Waals surface area contributed by atoms with Gasteiger partial charge in [-0.05, 0) is 31.2 Å². The Morgan fingerprint density at radius 1 is 1.33 bits per heavy atom. The van der Waals surface area contributed by atoms with E-state index >= 15 is 0 Å². The van der Waals surface area contributed by atoms with Crippen LogP contribution in [0, 0.1) is 0 Å². The van der Waals surface area contributed by atoms with E-state index in [0.29, 0.717) is 12.3 Å². The van der Waals surface area contributed by atoms with Gasteiger partial charge < -0.3 is 14.6 Å². The van der Waals surface area contributed by atoms with Crippen molar-refractivity contribution in [2.24, 2.45) is 0 Å². The molecule has 94 valence electrons. The number of nitrogens with one attached hydrogen (secondary N) is 1. The summed E-state index contributed by atoms with van der Waals surface area (Å²) in [5.74, 6) is 0.684. The SMILES string of the molecule is CCn1ccnc(Oc2ccc(NC)cc2)c1=O. The number of ether oxygens (including phenoxy) is 1. The first kappa shape index (κ1) is 12.2. The number of aryl methyl sites for hydroxylation is 1. The van der Waals surface area contributed by atoms with E-state index in [1.807, 2.05) is 26.1 Å². The van der Waals surface area contributed by atoms with E-state index < -0.39 is 0 Å². The van der Waals surface area contributed by atoms with Gasteiger partial charge in [-0.25, -0.2) is 4.98 Å². The minimum atomic E-state index is -0.224. The van der Waals surface area contributed by atoms with E-state index in [1.165, 1.54) is 0 Å². The number of rotatable bonds is 4. The number of hydrogen-bond acceptors (Lipinski definition) is 4. The molecule has 1 aromatic heterocycles. The lowest BCUT2D eigenvalue weighted by molar-refractivity contribution is 0.445. The van der Waals surface area contributed by atoms with Gasteiger partial charge in [0.05, 0.1) is 0 Å². The normalized spacial score (nSPS) is 10.1. The van der Waals surface area contributed by atoms with Gasteiger partial charge in [-0.1, -0.05) is 0 Å². The molecule has 1 N–H and O–H groups in total. The summed E-state index contributed by atoms with van der Waals surface area (Å²) >= 11 is 0. The second kappa shape index (κ2) is 5.35. The molecule has 2 aromatic rings. The van der Waals surface area contributed by atoms with Crippen molar-refractivity contribution in [3.05, 3.63) is 47.0 Å². The molecule has 0 saturated heterocycles. The number of aromatic nitrogens is 2. The van der Waals surface area contributed by atoms with Crippen LogP contribution in [0.4, 0.5) is 5.69 Å². The molecule has 0 saturated carbocycles. The van der Waals surface area contributed by atoms with Crippen LogP contribution in [0.5, 0.6) is 11.6 Å². The van der Waals surface area contributed by atoms with Crippen LogP contribution in [0.2, 0.25) is 0 Å². The standard InChI is InChI=1S/C13H15N3O2/c1-3-16-9-8-15-12(13(16)17)18-11-6-4-10(14-2)5-7-11/h4-9,14H,3H2,1-2H3. The molecular weight excluding hydrogens is 230 g/mol. The third-order valence-corrected chi connectivity index (χ3v) is 2.58. The fraction of sp³-hybridized carbons (Fsp3) is 0.231. The molecule has 0 spiro atoms. The van der Waals surface area contributed by atoms with Gasteiger partial charge in [-0.15, -0.1) is 0 Å². The van der Waals surface area contributed by atoms with Crippen molar-refractivity contribution < 1.29 is 4.74 Å². The highest BCUT2D eigenvalue weighted by Gasteiger charge is 2.06. The van der Waals surface area contributed by atoms with Crippen LogP contribution >= 0.6 is 0 Å². The van der Waals surface area contributed by atoms with E-state index in [1.54, 1.807) is 29.1 Å². The summed E-state index contributed by atoms with van der Waals surface area (Å²) in [7, 11) is 1.84. The Labute approximate surface area is 105 Å². The van der Waals surface area contributed by atoms with Crippen molar-refractivity contribution in [1.82, 2.24) is 9.55 Å². The first-order valence-corrected chi connectivity index (χ1v) is 5.75. The van der Waals surface area contributed by atoms with E-state index in [9.17, 15) is 4.79 Å². The van der Waals surface area contributed by atoms with Gasteiger partial charge in [-0.2, -0.15) is 0 Å². The molecular formula is C13H15N3O2. The lowest BCUT2D eigenvalue weighted by atomic mass is 10.3. The molecule has 0 unspecified atom stereocenters. The Balaban J connectivity index is 2.25. The minimum Gasteiger partial charge on any atom is -0.435 e. The van der Waals surface area contributed by atoms with Gasteiger partial charge in [0, 0.05) is 31.7 Å². The van der Waals surface area contributed by atoms with Crippen molar-refractivity contribution in [2.45, 2.75) is 13.5 Å². The van der Waals surface area contributed by atoms with Crippen LogP contribution in [0.1, 0.15) is 6.92 Å². The smallest absolute Gasteiger partial charge is 0.313 e. The molecule has 18 heavy (non-hydrogen) atoms. The zero-order valence-corrected chi connectivity index (χ0v) is 10.4. The lowest BCUT2D eigenvalue weighted by Gasteiger charge is -2.07. The predicted molar refractivity (Wildman–Crippen MR) is 70.2 cm³/mol. The molecule has 0 bridgehead atoms. The van der Waals surface area contributed by atoms with Gasteiger partial charge in [0.15, 0.2) is 0 Å². The maximum absolute atomic E-state index is 11.9. The zero-order chi connectivity index (χ0) is 13.0. The lowest BCUT2D eigenvalue weighted by Crippen LogP contribution is -2.20. The van der Waals surface area contributed by atoms with Crippen molar-refractivity contribution in [3.63, 3.8) is 0 Å². The number of benzene rings is 1. The van der Waals surface area contributed by atoms with Crippen molar-refractivity contribution >= 4 is 5.69 Å². The van der Waals surface area contributed by atoms with Crippen LogP contribution in [0.15, 0.2) is 41.5 Å². The third-order valence-electron chi connectivity index (χ3n) is 2.58. The summed E-state index contributed by atoms with van der Waals surface area (Å²) in [6.07, 6.45) is 3.20. The molecule has 1 heterocycles. The summed E-state index contributed by atoms with van der Waals surface area (Å²) in [5, 5.41) is 3.01. The first-order chi connectivity index (χ1) is 8.74. The zero-order valence-electron chi connectivity index (χ0n) is 10.4. The topological polar surface area (TPSA) is 56.1 Å². The summed E-state index contributed by atoms with van der Waals surface area (Å²) in [6, 6.07) is 7.32. The van der Waals surface area contributed by atoms with Gasteiger partial charge in [0.2, 0.25) is 0 Å². The molecule has 0 radical (unpaired) electrons. The average Bonchev–Trinajstić information content (AvgIpc) is 2.42. The van der Waals surface area contributed by atoms with Gasteiger partial charge in [0.1, 0.15) is 5.75 Å². The molecule has 0 aliphatic heterocycles. The third kappa shape index (κ3) is 2.51. The highest BCUT2D eigenvalue weighted by atomic mass is 16.5. The molecule has 5 nitrogen and oxygen atoms in total. The van der Waals surface area contributed by atoms with Crippen molar-refractivity contribution in [2.75, 3.05) is 12.4 Å². The highest BCUT2D eigenvalue weighted by Crippen LogP contribution is 2.18. The number of hydrogen-bond donors (Lipinski definition) is 1. The Morgan fingerprint density at radius 3 is 2.67 bits per heavy atom. The quantitative estimate of drug-likeness (QED) is 0.896. The van der Waals surface area contributed by atoms with Gasteiger partial charge >= 0.3 is 5.56 Å². The summed E-state index contributed by atoms with van der Waals surface area (Å²) in [4.78, 5) is 15.8. The number of anilines is 1. The monoisotopic (exact) mass is 245 g/mol. The summed E-state index contributed by atoms with van der Waals surface area (Å²) in [5.41, 5.74) is 0.757. The van der Waals surface area contributed by atoms with Crippen LogP contribution in [0.3, 0.4) is 0 Å². The van der Waals surface area contributed by atoms with E-state index in [-0.39, 0.29) is 11.4 Å². The Hall–Kier alpha value is -2.30. The molecule has 0 fully saturated rings. The van der Waals surface area contributed by atoms with E-state index in [2.05, 4.69) is 10.3 Å². The minimum absolute atomic E-state index is 0.0940. The highest BCUT2D eigenvalue weighted by molar-refractivity contribution is 5.46. The van der Waals surface area contributed by atoms with Crippen LogP contribution in [-0.4, -0.2) is 16.6 Å². The molecule has 0 atom stereocenters. The molecule has 0 amide bonds. The largest absolute Gasteiger partial charge is 0.435 e. The Bertz CT molecular complexity index is 576. The molecule has 0 aliphatic rings. The summed E-state index contributed by atoms with van der Waals surface area (Å²) in [6.45, 7) is 2.49. The second-order valence-corrected chi connectivity index (χ2v) is 3.70. The average molecular weight is 245 g/mol.